The monoisotopic (exact) mass is 342 g/mol. The van der Waals surface area contributed by atoms with Gasteiger partial charge in [0.15, 0.2) is 0 Å². The Labute approximate surface area is 151 Å². The van der Waals surface area contributed by atoms with Crippen molar-refractivity contribution >= 4 is 11.5 Å². The maximum absolute atomic E-state index is 12.5. The maximum atomic E-state index is 12.5. The van der Waals surface area contributed by atoms with Gasteiger partial charge in [-0.25, -0.2) is 9.78 Å². The molecule has 1 fully saturated rings. The molecule has 2 aromatic carbocycles. The highest BCUT2D eigenvalue weighted by atomic mass is 16.5. The molecule has 1 saturated heterocycles. The lowest BCUT2D eigenvalue weighted by Gasteiger charge is -2.22. The smallest absolute Gasteiger partial charge is 0.335 e. The number of aromatic nitrogens is 2. The van der Waals surface area contributed by atoms with E-state index < -0.39 is 0 Å². The number of benzene rings is 2. The number of rotatable bonds is 3. The lowest BCUT2D eigenvalue weighted by Crippen LogP contribution is -2.19. The van der Waals surface area contributed by atoms with Crippen LogP contribution in [0.1, 0.15) is 22.5 Å². The van der Waals surface area contributed by atoms with Gasteiger partial charge in [-0.05, 0) is 11.1 Å². The molecule has 0 amide bonds. The van der Waals surface area contributed by atoms with E-state index in [4.69, 9.17) is 4.74 Å². The Morgan fingerprint density at radius 1 is 1.04 bits per heavy atom. The second-order valence-corrected chi connectivity index (χ2v) is 6.81. The molecule has 4 heteroatoms. The molecule has 0 bridgehead atoms. The van der Waals surface area contributed by atoms with Gasteiger partial charge in [-0.1, -0.05) is 60.7 Å². The molecule has 0 radical (unpaired) electrons. The van der Waals surface area contributed by atoms with Gasteiger partial charge >= 0.3 is 5.97 Å². The summed E-state index contributed by atoms with van der Waals surface area (Å²) >= 11 is 0. The summed E-state index contributed by atoms with van der Waals surface area (Å²) < 4.78 is 7.53. The topological polar surface area (TPSA) is 44.1 Å². The van der Waals surface area contributed by atoms with Gasteiger partial charge in [0.05, 0.1) is 29.9 Å². The number of carbonyl (C=O) groups is 1. The third kappa shape index (κ3) is 2.37. The summed E-state index contributed by atoms with van der Waals surface area (Å²) in [5, 5.41) is 0. The first-order chi connectivity index (χ1) is 12.8. The van der Waals surface area contributed by atoms with Crippen LogP contribution in [0.15, 0.2) is 72.6 Å². The molecule has 3 aromatic rings. The first kappa shape index (κ1) is 15.1. The van der Waals surface area contributed by atoms with Crippen LogP contribution in [0.2, 0.25) is 0 Å². The number of ether oxygens (including phenoxy) is 1. The van der Waals surface area contributed by atoms with E-state index in [0.29, 0.717) is 6.61 Å². The van der Waals surface area contributed by atoms with Crippen LogP contribution in [0.25, 0.3) is 5.57 Å². The van der Waals surface area contributed by atoms with E-state index in [-0.39, 0.29) is 11.9 Å². The molecule has 5 rings (SSSR count). The molecule has 128 valence electrons. The first-order valence-corrected chi connectivity index (χ1v) is 8.86. The zero-order chi connectivity index (χ0) is 17.5. The van der Waals surface area contributed by atoms with Crippen LogP contribution in [-0.4, -0.2) is 22.1 Å². The van der Waals surface area contributed by atoms with Gasteiger partial charge in [0, 0.05) is 24.5 Å². The van der Waals surface area contributed by atoms with Gasteiger partial charge in [0.25, 0.3) is 0 Å². The zero-order valence-electron chi connectivity index (χ0n) is 14.3. The van der Waals surface area contributed by atoms with Crippen LogP contribution in [0.4, 0.5) is 0 Å². The molecule has 1 aromatic heterocycles. The minimum atomic E-state index is -0.188. The van der Waals surface area contributed by atoms with Crippen molar-refractivity contribution in [3.63, 3.8) is 0 Å². The molecule has 0 saturated carbocycles. The van der Waals surface area contributed by atoms with Crippen molar-refractivity contribution in [2.24, 2.45) is 5.92 Å². The van der Waals surface area contributed by atoms with E-state index in [2.05, 4.69) is 33.8 Å². The van der Waals surface area contributed by atoms with Crippen molar-refractivity contribution < 1.29 is 9.53 Å². The quantitative estimate of drug-likeness (QED) is 0.685. The Kier molecular flexibility index (Phi) is 3.49. The minimum absolute atomic E-state index is 0.102. The van der Waals surface area contributed by atoms with Crippen LogP contribution in [0.5, 0.6) is 0 Å². The molecule has 1 unspecified atom stereocenters. The van der Waals surface area contributed by atoms with E-state index in [1.165, 1.54) is 5.56 Å². The van der Waals surface area contributed by atoms with Crippen LogP contribution < -0.4 is 0 Å². The zero-order valence-corrected chi connectivity index (χ0v) is 14.3. The predicted octanol–water partition coefficient (Wildman–Crippen LogP) is 3.46. The average molecular weight is 342 g/mol. The number of esters is 1. The Balaban J connectivity index is 1.70. The molecule has 2 aliphatic rings. The lowest BCUT2D eigenvalue weighted by atomic mass is 9.82. The summed E-state index contributed by atoms with van der Waals surface area (Å²) in [6, 6.07) is 20.4. The number of carbonyl (C=O) groups excluding carboxylic acids is 1. The fraction of sp³-hybridized carbons (Fsp3) is 0.182. The van der Waals surface area contributed by atoms with Gasteiger partial charge in [0.2, 0.25) is 0 Å². The van der Waals surface area contributed by atoms with E-state index in [1.54, 1.807) is 0 Å². The van der Waals surface area contributed by atoms with Crippen molar-refractivity contribution in [1.82, 2.24) is 9.55 Å². The van der Waals surface area contributed by atoms with Gasteiger partial charge in [-0.2, -0.15) is 0 Å². The Hall–Kier alpha value is -3.14. The predicted molar refractivity (Wildman–Crippen MR) is 98.4 cm³/mol. The molecule has 1 aliphatic heterocycles. The van der Waals surface area contributed by atoms with Crippen LogP contribution in [-0.2, 0) is 22.5 Å². The van der Waals surface area contributed by atoms with Crippen LogP contribution >= 0.6 is 0 Å². The Morgan fingerprint density at radius 2 is 1.77 bits per heavy atom. The number of nitrogens with zero attached hydrogens (tertiary/aromatic N) is 2. The van der Waals surface area contributed by atoms with Crippen molar-refractivity contribution in [2.45, 2.75) is 13.0 Å². The lowest BCUT2D eigenvalue weighted by molar-refractivity contribution is -0.135. The standard InChI is InChI=1S/C22H18N2O2/c25-22-20-17(13-26-22)11-18-21(19(20)16-9-5-2-6-10-16)24(14-23-18)12-15-7-3-1-4-8-15/h1-10,14,17H,11-13H2. The molecule has 2 heterocycles. The number of imidazole rings is 1. The summed E-state index contributed by atoms with van der Waals surface area (Å²) in [6.07, 6.45) is 2.65. The number of cyclic esters (lactones) is 1. The van der Waals surface area contributed by atoms with E-state index in [0.717, 1.165) is 41.1 Å². The third-order valence-electron chi connectivity index (χ3n) is 5.16. The minimum Gasteiger partial charge on any atom is -0.462 e. The molecular weight excluding hydrogens is 324 g/mol. The van der Waals surface area contributed by atoms with Crippen molar-refractivity contribution in [3.8, 4) is 0 Å². The van der Waals surface area contributed by atoms with Gasteiger partial charge < -0.3 is 9.30 Å². The number of fused-ring (bicyclic) bond motifs is 2. The molecular formula is C22H18N2O2. The van der Waals surface area contributed by atoms with E-state index in [9.17, 15) is 4.79 Å². The summed E-state index contributed by atoms with van der Waals surface area (Å²) in [5.74, 6) is -0.0859. The van der Waals surface area contributed by atoms with Crippen LogP contribution in [0.3, 0.4) is 0 Å². The highest BCUT2D eigenvalue weighted by Gasteiger charge is 2.40. The van der Waals surface area contributed by atoms with Gasteiger partial charge in [0.1, 0.15) is 0 Å². The summed E-state index contributed by atoms with van der Waals surface area (Å²) in [5.41, 5.74) is 6.13. The molecule has 0 N–H and O–H groups in total. The number of hydrogen-bond donors (Lipinski definition) is 0. The highest BCUT2D eigenvalue weighted by Crippen LogP contribution is 2.41. The maximum Gasteiger partial charge on any atom is 0.335 e. The molecule has 1 atom stereocenters. The van der Waals surface area contributed by atoms with Crippen LogP contribution in [0, 0.1) is 5.92 Å². The Morgan fingerprint density at radius 3 is 2.54 bits per heavy atom. The fourth-order valence-corrected chi connectivity index (χ4v) is 3.99. The molecule has 26 heavy (non-hydrogen) atoms. The fourth-order valence-electron chi connectivity index (χ4n) is 3.99. The second-order valence-electron chi connectivity index (χ2n) is 6.81. The SMILES string of the molecule is O=C1OCC2Cc3ncn(Cc4ccccc4)c3C(c3ccccc3)=C12. The third-order valence-corrected chi connectivity index (χ3v) is 5.16. The highest BCUT2D eigenvalue weighted by molar-refractivity contribution is 6.04. The first-order valence-electron chi connectivity index (χ1n) is 8.86. The normalized spacial score (nSPS) is 18.5. The molecule has 4 nitrogen and oxygen atoms in total. The summed E-state index contributed by atoms with van der Waals surface area (Å²) in [4.78, 5) is 17.2. The van der Waals surface area contributed by atoms with Crippen molar-refractivity contribution in [3.05, 3.63) is 95.1 Å². The van der Waals surface area contributed by atoms with E-state index in [1.807, 2.05) is 42.7 Å². The van der Waals surface area contributed by atoms with Crippen molar-refractivity contribution in [2.75, 3.05) is 6.61 Å². The molecule has 0 spiro atoms. The summed E-state index contributed by atoms with van der Waals surface area (Å²) in [6.45, 7) is 1.18. The average Bonchev–Trinajstić information content (AvgIpc) is 3.26. The van der Waals surface area contributed by atoms with Gasteiger partial charge in [-0.15, -0.1) is 0 Å². The van der Waals surface area contributed by atoms with Gasteiger partial charge in [-0.3, -0.25) is 0 Å². The van der Waals surface area contributed by atoms with E-state index >= 15 is 0 Å². The number of hydrogen-bond acceptors (Lipinski definition) is 3. The largest absolute Gasteiger partial charge is 0.462 e. The summed E-state index contributed by atoms with van der Waals surface area (Å²) in [7, 11) is 0. The van der Waals surface area contributed by atoms with Crippen molar-refractivity contribution in [1.29, 1.82) is 0 Å². The second kappa shape index (κ2) is 5.99. The molecule has 1 aliphatic carbocycles. The Bertz CT molecular complexity index is 1000.